The summed E-state index contributed by atoms with van der Waals surface area (Å²) in [6, 6.07) is 9.84. The summed E-state index contributed by atoms with van der Waals surface area (Å²) >= 11 is 0. The molecule has 5 rings (SSSR count). The number of hydrogen-bond acceptors (Lipinski definition) is 7. The van der Waals surface area contributed by atoms with Gasteiger partial charge in [-0.2, -0.15) is 0 Å². The fourth-order valence-electron chi connectivity index (χ4n) is 3.94. The van der Waals surface area contributed by atoms with Gasteiger partial charge in [-0.1, -0.05) is 11.2 Å². The molecule has 188 valence electrons. The summed E-state index contributed by atoms with van der Waals surface area (Å²) in [5.41, 5.74) is 0.790. The van der Waals surface area contributed by atoms with E-state index in [4.69, 9.17) is 4.74 Å². The van der Waals surface area contributed by atoms with Gasteiger partial charge in [-0.25, -0.2) is 17.2 Å². The van der Waals surface area contributed by atoms with E-state index in [1.165, 1.54) is 43.8 Å². The largest absolute Gasteiger partial charge is 0.494 e. The van der Waals surface area contributed by atoms with Gasteiger partial charge >= 0.3 is 0 Å². The predicted molar refractivity (Wildman–Crippen MR) is 131 cm³/mol. The van der Waals surface area contributed by atoms with E-state index in [-0.39, 0.29) is 22.2 Å². The highest BCUT2D eigenvalue weighted by Crippen LogP contribution is 2.35. The second-order valence-electron chi connectivity index (χ2n) is 8.08. The van der Waals surface area contributed by atoms with Gasteiger partial charge in [0.05, 0.1) is 29.6 Å². The van der Waals surface area contributed by atoms with E-state index in [1.807, 2.05) is 0 Å². The SMILES string of the molecule is COc1cn(-c2cc(F)cc(F)c2)c(=O)cc1-c1ncc(C)c2cc(S(=O)(=O)Nc3ccon3)ccc12. The Bertz CT molecular complexity index is 1800. The third-order valence-corrected chi connectivity index (χ3v) is 7.02. The predicted octanol–water partition coefficient (Wildman–Crippen LogP) is 4.44. The summed E-state index contributed by atoms with van der Waals surface area (Å²) in [7, 11) is -2.58. The molecule has 3 heterocycles. The van der Waals surface area contributed by atoms with Crippen LogP contribution in [0.5, 0.6) is 5.75 Å². The van der Waals surface area contributed by atoms with E-state index in [0.717, 1.165) is 16.7 Å². The van der Waals surface area contributed by atoms with Crippen molar-refractivity contribution in [1.82, 2.24) is 14.7 Å². The standard InChI is InChI=1S/C25H18F2N4O5S/c1-14-12-28-25(19-4-3-18(10-20(14)19)37(33,34)30-23-5-6-36-29-23)21-11-24(32)31(13-22(21)35-2)17-8-15(26)7-16(27)9-17/h3-13H,1-2H3,(H,29,30). The van der Waals surface area contributed by atoms with E-state index < -0.39 is 27.2 Å². The first-order valence-corrected chi connectivity index (χ1v) is 12.2. The number of fused-ring (bicyclic) bond motifs is 1. The number of hydrogen-bond donors (Lipinski definition) is 1. The molecule has 2 aromatic carbocycles. The van der Waals surface area contributed by atoms with E-state index >= 15 is 0 Å². The minimum atomic E-state index is -3.96. The van der Waals surface area contributed by atoms with E-state index in [9.17, 15) is 22.0 Å². The highest BCUT2D eigenvalue weighted by Gasteiger charge is 2.20. The van der Waals surface area contributed by atoms with Gasteiger partial charge in [-0.15, -0.1) is 0 Å². The average Bonchev–Trinajstić information content (AvgIpc) is 3.36. The zero-order valence-corrected chi connectivity index (χ0v) is 20.2. The van der Waals surface area contributed by atoms with Crippen molar-refractivity contribution in [3.8, 4) is 22.7 Å². The van der Waals surface area contributed by atoms with Gasteiger partial charge in [0.1, 0.15) is 23.6 Å². The van der Waals surface area contributed by atoms with Gasteiger partial charge in [0, 0.05) is 35.3 Å². The number of nitrogens with zero attached hydrogens (tertiary/aromatic N) is 3. The maximum absolute atomic E-state index is 13.8. The normalized spacial score (nSPS) is 11.6. The minimum Gasteiger partial charge on any atom is -0.494 e. The van der Waals surface area contributed by atoms with Crippen LogP contribution < -0.4 is 15.0 Å². The summed E-state index contributed by atoms with van der Waals surface area (Å²) in [6.45, 7) is 1.77. The lowest BCUT2D eigenvalue weighted by atomic mass is 10.0. The van der Waals surface area contributed by atoms with Crippen LogP contribution in [-0.4, -0.2) is 30.2 Å². The van der Waals surface area contributed by atoms with E-state index in [2.05, 4.69) is 19.4 Å². The molecule has 0 aliphatic carbocycles. The van der Waals surface area contributed by atoms with Gasteiger partial charge in [-0.3, -0.25) is 19.1 Å². The Hall–Kier alpha value is -4.58. The molecule has 0 radical (unpaired) electrons. The smallest absolute Gasteiger partial charge is 0.263 e. The van der Waals surface area contributed by atoms with Crippen molar-refractivity contribution in [2.24, 2.45) is 0 Å². The van der Waals surface area contributed by atoms with Crippen molar-refractivity contribution in [3.63, 3.8) is 0 Å². The van der Waals surface area contributed by atoms with Crippen molar-refractivity contribution in [2.45, 2.75) is 11.8 Å². The Morgan fingerprint density at radius 2 is 1.78 bits per heavy atom. The highest BCUT2D eigenvalue weighted by molar-refractivity contribution is 7.92. The molecule has 3 aromatic heterocycles. The van der Waals surface area contributed by atoms with Crippen molar-refractivity contribution in [3.05, 3.63) is 94.7 Å². The van der Waals surface area contributed by atoms with Crippen molar-refractivity contribution >= 4 is 26.6 Å². The molecule has 12 heteroatoms. The first-order chi connectivity index (χ1) is 17.7. The molecule has 9 nitrogen and oxygen atoms in total. The molecular weight excluding hydrogens is 506 g/mol. The Morgan fingerprint density at radius 1 is 1.03 bits per heavy atom. The Labute approximate surface area is 209 Å². The monoisotopic (exact) mass is 524 g/mol. The number of halogens is 2. The minimum absolute atomic E-state index is 0.0106. The Kier molecular flexibility index (Phi) is 5.96. The van der Waals surface area contributed by atoms with Crippen LogP contribution in [0.2, 0.25) is 0 Å². The third kappa shape index (κ3) is 4.54. The van der Waals surface area contributed by atoms with Gasteiger partial charge in [-0.05, 0) is 42.1 Å². The average molecular weight is 525 g/mol. The maximum atomic E-state index is 13.8. The number of benzene rings is 2. The molecule has 0 aliphatic heterocycles. The number of aromatic nitrogens is 3. The number of sulfonamides is 1. The molecule has 0 unspecified atom stereocenters. The molecule has 0 fully saturated rings. The first kappa shape index (κ1) is 24.1. The van der Waals surface area contributed by atoms with Crippen LogP contribution >= 0.6 is 0 Å². The maximum Gasteiger partial charge on any atom is 0.263 e. The summed E-state index contributed by atoms with van der Waals surface area (Å²) in [6.07, 6.45) is 4.11. The summed E-state index contributed by atoms with van der Waals surface area (Å²) in [4.78, 5) is 17.4. The van der Waals surface area contributed by atoms with Crippen LogP contribution in [0.4, 0.5) is 14.6 Å². The zero-order chi connectivity index (χ0) is 26.3. The van der Waals surface area contributed by atoms with E-state index in [1.54, 1.807) is 19.2 Å². The lowest BCUT2D eigenvalue weighted by Gasteiger charge is -2.15. The van der Waals surface area contributed by atoms with Crippen LogP contribution in [-0.2, 0) is 10.0 Å². The molecule has 0 saturated carbocycles. The number of anilines is 1. The lowest BCUT2D eigenvalue weighted by molar-refractivity contribution is 0.412. The van der Waals surface area contributed by atoms with Gasteiger partial charge in [0.25, 0.3) is 15.6 Å². The molecule has 0 spiro atoms. The quantitative estimate of drug-likeness (QED) is 0.349. The topological polar surface area (TPSA) is 116 Å². The number of methoxy groups -OCH3 is 1. The molecule has 37 heavy (non-hydrogen) atoms. The van der Waals surface area contributed by atoms with Crippen LogP contribution in [0, 0.1) is 18.6 Å². The number of nitrogens with one attached hydrogen (secondary N) is 1. The van der Waals surface area contributed by atoms with Gasteiger partial charge in [0.15, 0.2) is 5.82 Å². The molecule has 1 N–H and O–H groups in total. The highest BCUT2D eigenvalue weighted by atomic mass is 32.2. The number of ether oxygens (including phenoxy) is 1. The fraction of sp³-hybridized carbons (Fsp3) is 0.0800. The molecule has 0 bridgehead atoms. The number of aryl methyl sites for hydroxylation is 1. The second kappa shape index (κ2) is 9.13. The Morgan fingerprint density at radius 3 is 2.46 bits per heavy atom. The fourth-order valence-corrected chi connectivity index (χ4v) is 4.96. The molecule has 0 saturated heterocycles. The summed E-state index contributed by atoms with van der Waals surface area (Å²) in [5, 5.41) is 4.70. The molecule has 5 aromatic rings. The van der Waals surface area contributed by atoms with Crippen molar-refractivity contribution in [1.29, 1.82) is 0 Å². The Balaban J connectivity index is 1.65. The number of pyridine rings is 2. The van der Waals surface area contributed by atoms with Crippen LogP contribution in [0.3, 0.4) is 0 Å². The second-order valence-corrected chi connectivity index (χ2v) is 9.76. The molecule has 0 amide bonds. The molecule has 0 atom stereocenters. The van der Waals surface area contributed by atoms with Crippen LogP contribution in [0.1, 0.15) is 5.56 Å². The van der Waals surface area contributed by atoms with E-state index in [0.29, 0.717) is 33.7 Å². The molecular formula is C25H18F2N4O5S. The van der Waals surface area contributed by atoms with Gasteiger partial charge < -0.3 is 9.26 Å². The molecule has 0 aliphatic rings. The zero-order valence-electron chi connectivity index (χ0n) is 19.4. The third-order valence-electron chi connectivity index (χ3n) is 5.66. The van der Waals surface area contributed by atoms with Crippen molar-refractivity contribution in [2.75, 3.05) is 11.8 Å². The van der Waals surface area contributed by atoms with Crippen LogP contribution in [0.15, 0.2) is 81.4 Å². The first-order valence-electron chi connectivity index (χ1n) is 10.8. The number of rotatable bonds is 6. The lowest BCUT2D eigenvalue weighted by Crippen LogP contribution is -2.18. The van der Waals surface area contributed by atoms with Crippen LogP contribution in [0.25, 0.3) is 27.7 Å². The summed E-state index contributed by atoms with van der Waals surface area (Å²) < 4.78 is 66.8. The summed E-state index contributed by atoms with van der Waals surface area (Å²) in [5.74, 6) is -1.41. The van der Waals surface area contributed by atoms with Crippen molar-refractivity contribution < 1.29 is 26.5 Å². The van der Waals surface area contributed by atoms with Gasteiger partial charge in [0.2, 0.25) is 0 Å².